The van der Waals surface area contributed by atoms with Gasteiger partial charge in [-0.25, -0.2) is 0 Å². The van der Waals surface area contributed by atoms with Gasteiger partial charge in [0, 0.05) is 11.9 Å². The Morgan fingerprint density at radius 3 is 2.48 bits per heavy atom. The van der Waals surface area contributed by atoms with Crippen LogP contribution in [0.3, 0.4) is 0 Å². The monoisotopic (exact) mass is 351 g/mol. The summed E-state index contributed by atoms with van der Waals surface area (Å²) in [6.45, 7) is 0.684. The average molecular weight is 352 g/mol. The van der Waals surface area contributed by atoms with Crippen LogP contribution in [-0.2, 0) is 6.54 Å². The Balaban J connectivity index is 2.01. The number of aromatic nitrogens is 1. The summed E-state index contributed by atoms with van der Waals surface area (Å²) in [6, 6.07) is 15.9. The molecule has 21 heavy (non-hydrogen) atoms. The largest absolute Gasteiger partial charge is 0.318 e. The summed E-state index contributed by atoms with van der Waals surface area (Å²) < 4.78 is 2.97. The van der Waals surface area contributed by atoms with Gasteiger partial charge in [-0.1, -0.05) is 59.6 Å². The van der Waals surface area contributed by atoms with Gasteiger partial charge in [0.15, 0.2) is 3.95 Å². The molecule has 1 nitrogen and oxygen atoms in total. The van der Waals surface area contributed by atoms with Crippen molar-refractivity contribution in [3.8, 4) is 11.3 Å². The maximum Gasteiger partial charge on any atom is 0.161 e. The number of halogens is 2. The SMILES string of the molecule is S=c1scc(-c2ccccc2)n1Cc1ccc(Cl)c(Cl)c1. The summed E-state index contributed by atoms with van der Waals surface area (Å²) in [7, 11) is 0. The molecular weight excluding hydrogens is 341 g/mol. The predicted molar refractivity (Wildman–Crippen MR) is 94.1 cm³/mol. The van der Waals surface area contributed by atoms with Crippen LogP contribution in [0.15, 0.2) is 53.9 Å². The lowest BCUT2D eigenvalue weighted by atomic mass is 10.1. The molecule has 0 bridgehead atoms. The molecule has 0 aliphatic heterocycles. The van der Waals surface area contributed by atoms with Gasteiger partial charge in [-0.3, -0.25) is 0 Å². The van der Waals surface area contributed by atoms with Crippen molar-refractivity contribution in [1.82, 2.24) is 4.57 Å². The normalized spacial score (nSPS) is 10.8. The maximum absolute atomic E-state index is 6.09. The van der Waals surface area contributed by atoms with Crippen LogP contribution in [0, 0.1) is 3.95 Å². The minimum Gasteiger partial charge on any atom is -0.318 e. The molecule has 3 aromatic rings. The third kappa shape index (κ3) is 3.22. The minimum absolute atomic E-state index is 0.567. The molecule has 0 aliphatic rings. The molecule has 0 fully saturated rings. The fourth-order valence-electron chi connectivity index (χ4n) is 2.13. The molecule has 106 valence electrons. The Hall–Kier alpha value is -1.13. The highest BCUT2D eigenvalue weighted by molar-refractivity contribution is 7.73. The van der Waals surface area contributed by atoms with Gasteiger partial charge in [0.05, 0.1) is 15.7 Å². The lowest BCUT2D eigenvalue weighted by Crippen LogP contribution is -2.01. The van der Waals surface area contributed by atoms with E-state index in [4.69, 9.17) is 35.4 Å². The van der Waals surface area contributed by atoms with Gasteiger partial charge >= 0.3 is 0 Å². The summed E-state index contributed by atoms with van der Waals surface area (Å²) in [5.41, 5.74) is 3.36. The fraction of sp³-hybridized carbons (Fsp3) is 0.0625. The van der Waals surface area contributed by atoms with Gasteiger partial charge in [0.25, 0.3) is 0 Å². The third-order valence-electron chi connectivity index (χ3n) is 3.18. The molecule has 0 saturated heterocycles. The first kappa shape index (κ1) is 14.8. The molecule has 0 unspecified atom stereocenters. The molecule has 0 saturated carbocycles. The van der Waals surface area contributed by atoms with Crippen molar-refractivity contribution in [3.05, 3.63) is 73.5 Å². The first-order valence-corrected chi connectivity index (χ1v) is 8.37. The van der Waals surface area contributed by atoms with Crippen LogP contribution in [0.1, 0.15) is 5.56 Å². The van der Waals surface area contributed by atoms with E-state index in [1.807, 2.05) is 36.4 Å². The van der Waals surface area contributed by atoms with Crippen molar-refractivity contribution < 1.29 is 0 Å². The van der Waals surface area contributed by atoms with Crippen LogP contribution in [0.25, 0.3) is 11.3 Å². The highest BCUT2D eigenvalue weighted by atomic mass is 35.5. The standard InChI is InChI=1S/C16H11Cl2NS2/c17-13-7-6-11(8-14(13)18)9-19-15(10-21-16(19)20)12-4-2-1-3-5-12/h1-8,10H,9H2. The molecule has 1 aromatic heterocycles. The zero-order chi connectivity index (χ0) is 14.8. The zero-order valence-electron chi connectivity index (χ0n) is 10.9. The van der Waals surface area contributed by atoms with Crippen LogP contribution in [0.2, 0.25) is 10.0 Å². The predicted octanol–water partition coefficient (Wildman–Crippen LogP) is 6.30. The molecule has 0 atom stereocenters. The number of thiazole rings is 1. The van der Waals surface area contributed by atoms with E-state index in [1.54, 1.807) is 11.3 Å². The van der Waals surface area contributed by atoms with Crippen molar-refractivity contribution in [2.75, 3.05) is 0 Å². The quantitative estimate of drug-likeness (QED) is 0.501. The van der Waals surface area contributed by atoms with Crippen molar-refractivity contribution in [2.45, 2.75) is 6.54 Å². The Bertz CT molecular complexity index is 822. The van der Waals surface area contributed by atoms with E-state index in [1.165, 1.54) is 0 Å². The van der Waals surface area contributed by atoms with Crippen molar-refractivity contribution in [1.29, 1.82) is 0 Å². The minimum atomic E-state index is 0.567. The van der Waals surface area contributed by atoms with Crippen molar-refractivity contribution in [3.63, 3.8) is 0 Å². The lowest BCUT2D eigenvalue weighted by Gasteiger charge is -2.10. The molecular formula is C16H11Cl2NS2. The molecule has 0 amide bonds. The average Bonchev–Trinajstić information content (AvgIpc) is 2.85. The Labute approximate surface area is 142 Å². The van der Waals surface area contributed by atoms with E-state index in [2.05, 4.69) is 22.1 Å². The molecule has 0 aliphatic carbocycles. The van der Waals surface area contributed by atoms with Crippen molar-refractivity contribution in [2.24, 2.45) is 0 Å². The number of rotatable bonds is 3. The number of nitrogens with zero attached hydrogens (tertiary/aromatic N) is 1. The van der Waals surface area contributed by atoms with E-state index in [0.29, 0.717) is 16.6 Å². The molecule has 0 spiro atoms. The second-order valence-corrected chi connectivity index (χ2v) is 6.91. The van der Waals surface area contributed by atoms with E-state index in [-0.39, 0.29) is 0 Å². The Morgan fingerprint density at radius 2 is 1.76 bits per heavy atom. The lowest BCUT2D eigenvalue weighted by molar-refractivity contribution is 0.809. The first-order chi connectivity index (χ1) is 10.1. The smallest absolute Gasteiger partial charge is 0.161 e. The Kier molecular flexibility index (Phi) is 4.45. The summed E-state index contributed by atoms with van der Waals surface area (Å²) in [6.07, 6.45) is 0. The maximum atomic E-state index is 6.09. The highest BCUT2D eigenvalue weighted by Crippen LogP contribution is 2.27. The summed E-state index contributed by atoms with van der Waals surface area (Å²) in [5, 5.41) is 3.23. The second kappa shape index (κ2) is 6.32. The van der Waals surface area contributed by atoms with E-state index < -0.39 is 0 Å². The van der Waals surface area contributed by atoms with Crippen molar-refractivity contribution >= 4 is 46.8 Å². The van der Waals surface area contributed by atoms with Crippen LogP contribution in [-0.4, -0.2) is 4.57 Å². The van der Waals surface area contributed by atoms with E-state index >= 15 is 0 Å². The van der Waals surface area contributed by atoms with Crippen LogP contribution in [0.4, 0.5) is 0 Å². The molecule has 0 N–H and O–H groups in total. The van der Waals surface area contributed by atoms with Gasteiger partial charge in [-0.2, -0.15) is 0 Å². The summed E-state index contributed by atoms with van der Waals surface area (Å²) >= 11 is 19.1. The number of benzene rings is 2. The second-order valence-electron chi connectivity index (χ2n) is 4.59. The first-order valence-electron chi connectivity index (χ1n) is 6.33. The summed E-state index contributed by atoms with van der Waals surface area (Å²) in [5.74, 6) is 0. The van der Waals surface area contributed by atoms with Crippen LogP contribution in [0.5, 0.6) is 0 Å². The van der Waals surface area contributed by atoms with E-state index in [9.17, 15) is 0 Å². The third-order valence-corrected chi connectivity index (χ3v) is 5.19. The van der Waals surface area contributed by atoms with E-state index in [0.717, 1.165) is 20.8 Å². The van der Waals surface area contributed by atoms with Gasteiger partial charge in [0.1, 0.15) is 0 Å². The fourth-order valence-corrected chi connectivity index (χ4v) is 3.53. The summed E-state index contributed by atoms with van der Waals surface area (Å²) in [4.78, 5) is 0. The Morgan fingerprint density at radius 1 is 1.00 bits per heavy atom. The van der Waals surface area contributed by atoms with Crippen LogP contribution < -0.4 is 0 Å². The molecule has 5 heteroatoms. The highest BCUT2D eigenvalue weighted by Gasteiger charge is 2.08. The van der Waals surface area contributed by atoms with Crippen LogP contribution >= 0.6 is 46.8 Å². The van der Waals surface area contributed by atoms with Gasteiger partial charge < -0.3 is 4.57 Å². The molecule has 3 rings (SSSR count). The molecule has 1 heterocycles. The molecule has 0 radical (unpaired) electrons. The molecule has 2 aromatic carbocycles. The number of hydrogen-bond donors (Lipinski definition) is 0. The van der Waals surface area contributed by atoms with Gasteiger partial charge in [-0.15, -0.1) is 11.3 Å². The number of hydrogen-bond acceptors (Lipinski definition) is 2. The van der Waals surface area contributed by atoms with Gasteiger partial charge in [-0.05, 0) is 35.5 Å². The van der Waals surface area contributed by atoms with Gasteiger partial charge in [0.2, 0.25) is 0 Å². The zero-order valence-corrected chi connectivity index (χ0v) is 14.1. The topological polar surface area (TPSA) is 4.93 Å².